The molecule has 2 heteroatoms. The van der Waals surface area contributed by atoms with E-state index in [2.05, 4.69) is 26.1 Å². The molecule has 1 heterocycles. The summed E-state index contributed by atoms with van der Waals surface area (Å²) in [6.45, 7) is 6.55. The Balaban J connectivity index is 1.84. The molecule has 0 bridgehead atoms. The Morgan fingerprint density at radius 1 is 1.60 bits per heavy atom. The first-order valence-electron chi connectivity index (χ1n) is 6.02. The van der Waals surface area contributed by atoms with Crippen LogP contribution in [-0.4, -0.2) is 6.04 Å². The fraction of sp³-hybridized carbons (Fsp3) is 0.692. The van der Waals surface area contributed by atoms with E-state index >= 15 is 0 Å². The number of hydrogen-bond acceptors (Lipinski definition) is 2. The summed E-state index contributed by atoms with van der Waals surface area (Å²) in [5.74, 6) is 2.00. The lowest BCUT2D eigenvalue weighted by Gasteiger charge is -2.12. The lowest BCUT2D eigenvalue weighted by molar-refractivity contribution is 0.418. The van der Waals surface area contributed by atoms with Crippen molar-refractivity contribution >= 4 is 0 Å². The fourth-order valence-electron chi connectivity index (χ4n) is 2.37. The average molecular weight is 207 g/mol. The van der Waals surface area contributed by atoms with Gasteiger partial charge in [0.15, 0.2) is 0 Å². The van der Waals surface area contributed by atoms with E-state index in [1.165, 1.54) is 24.8 Å². The molecular weight excluding hydrogens is 186 g/mol. The molecule has 3 unspecified atom stereocenters. The van der Waals surface area contributed by atoms with Crippen LogP contribution in [0.25, 0.3) is 0 Å². The van der Waals surface area contributed by atoms with Crippen LogP contribution < -0.4 is 5.32 Å². The first-order valence-corrected chi connectivity index (χ1v) is 6.02. The first kappa shape index (κ1) is 10.7. The molecular formula is C13H21NO. The number of nitrogens with one attached hydrogen (secondary N) is 1. The maximum absolute atomic E-state index is 5.49. The summed E-state index contributed by atoms with van der Waals surface area (Å²) in [7, 11) is 0. The Bertz CT molecular complexity index is 318. The Morgan fingerprint density at radius 3 is 3.00 bits per heavy atom. The lowest BCUT2D eigenvalue weighted by Crippen LogP contribution is -2.22. The molecule has 1 saturated carbocycles. The van der Waals surface area contributed by atoms with E-state index in [1.54, 1.807) is 6.26 Å². The zero-order valence-electron chi connectivity index (χ0n) is 9.92. The molecule has 15 heavy (non-hydrogen) atoms. The highest BCUT2D eigenvalue weighted by Crippen LogP contribution is 2.36. The van der Waals surface area contributed by atoms with Crippen LogP contribution in [-0.2, 0) is 0 Å². The maximum Gasteiger partial charge on any atom is 0.123 e. The van der Waals surface area contributed by atoms with Crippen LogP contribution in [0, 0.1) is 12.8 Å². The highest BCUT2D eigenvalue weighted by atomic mass is 16.3. The van der Waals surface area contributed by atoms with Crippen LogP contribution in [0.2, 0.25) is 0 Å². The van der Waals surface area contributed by atoms with Gasteiger partial charge in [-0.3, -0.25) is 0 Å². The van der Waals surface area contributed by atoms with Gasteiger partial charge in [-0.05, 0) is 44.2 Å². The normalized spacial score (nSPS) is 26.6. The summed E-state index contributed by atoms with van der Waals surface area (Å²) in [4.78, 5) is 0. The van der Waals surface area contributed by atoms with Gasteiger partial charge in [-0.15, -0.1) is 0 Å². The summed E-state index contributed by atoms with van der Waals surface area (Å²) < 4.78 is 5.49. The predicted molar refractivity (Wildman–Crippen MR) is 61.8 cm³/mol. The summed E-state index contributed by atoms with van der Waals surface area (Å²) in [5.41, 5.74) is 1.25. The molecule has 1 N–H and O–H groups in total. The molecule has 0 saturated heterocycles. The average Bonchev–Trinajstić information content (AvgIpc) is 2.76. The quantitative estimate of drug-likeness (QED) is 0.800. The summed E-state index contributed by atoms with van der Waals surface area (Å²) >= 11 is 0. The summed E-state index contributed by atoms with van der Waals surface area (Å²) in [6, 6.07) is 3.11. The van der Waals surface area contributed by atoms with E-state index in [1.807, 2.05) is 6.07 Å². The molecule has 0 spiro atoms. The van der Waals surface area contributed by atoms with Crippen molar-refractivity contribution in [3.8, 4) is 0 Å². The zero-order valence-corrected chi connectivity index (χ0v) is 9.92. The second kappa shape index (κ2) is 4.40. The van der Waals surface area contributed by atoms with Crippen molar-refractivity contribution in [2.75, 3.05) is 0 Å². The molecule has 1 fully saturated rings. The third-order valence-electron chi connectivity index (χ3n) is 3.34. The molecule has 3 atom stereocenters. The van der Waals surface area contributed by atoms with Gasteiger partial charge in [-0.1, -0.05) is 13.3 Å². The van der Waals surface area contributed by atoms with Crippen molar-refractivity contribution in [3.63, 3.8) is 0 Å². The second-order valence-electron chi connectivity index (χ2n) is 4.75. The molecule has 0 amide bonds. The standard InChI is InChI=1S/C13H21NO/c1-4-5-11-8-12(11)14-10(3)13-9(2)6-7-15-13/h6-7,10-12,14H,4-5,8H2,1-3H3. The fourth-order valence-corrected chi connectivity index (χ4v) is 2.37. The van der Waals surface area contributed by atoms with Crippen molar-refractivity contribution in [1.29, 1.82) is 0 Å². The van der Waals surface area contributed by atoms with E-state index in [9.17, 15) is 0 Å². The van der Waals surface area contributed by atoms with Crippen LogP contribution in [0.4, 0.5) is 0 Å². The molecule has 1 aromatic rings. The molecule has 2 nitrogen and oxygen atoms in total. The Morgan fingerprint density at radius 2 is 2.40 bits per heavy atom. The van der Waals surface area contributed by atoms with Crippen LogP contribution >= 0.6 is 0 Å². The minimum atomic E-state index is 0.354. The summed E-state index contributed by atoms with van der Waals surface area (Å²) in [6.07, 6.45) is 5.79. The largest absolute Gasteiger partial charge is 0.467 e. The molecule has 2 rings (SSSR count). The number of aryl methyl sites for hydroxylation is 1. The van der Waals surface area contributed by atoms with Gasteiger partial charge in [0.1, 0.15) is 5.76 Å². The third-order valence-corrected chi connectivity index (χ3v) is 3.34. The van der Waals surface area contributed by atoms with E-state index < -0.39 is 0 Å². The van der Waals surface area contributed by atoms with E-state index in [-0.39, 0.29) is 0 Å². The van der Waals surface area contributed by atoms with Crippen LogP contribution in [0.5, 0.6) is 0 Å². The highest BCUT2D eigenvalue weighted by Gasteiger charge is 2.37. The predicted octanol–water partition coefficient (Wildman–Crippen LogP) is 3.43. The number of rotatable bonds is 5. The van der Waals surface area contributed by atoms with Gasteiger partial charge >= 0.3 is 0 Å². The Labute approximate surface area is 92.1 Å². The van der Waals surface area contributed by atoms with E-state index in [0.717, 1.165) is 17.7 Å². The highest BCUT2D eigenvalue weighted by molar-refractivity contribution is 5.18. The molecule has 1 aromatic heterocycles. The SMILES string of the molecule is CCCC1CC1NC(C)c1occc1C. The van der Waals surface area contributed by atoms with Gasteiger partial charge in [0.05, 0.1) is 12.3 Å². The number of hydrogen-bond donors (Lipinski definition) is 1. The van der Waals surface area contributed by atoms with Crippen LogP contribution in [0.15, 0.2) is 16.7 Å². The van der Waals surface area contributed by atoms with Gasteiger partial charge in [0, 0.05) is 6.04 Å². The minimum Gasteiger partial charge on any atom is -0.467 e. The number of furan rings is 1. The second-order valence-corrected chi connectivity index (χ2v) is 4.75. The van der Waals surface area contributed by atoms with Crippen molar-refractivity contribution in [1.82, 2.24) is 5.32 Å². The van der Waals surface area contributed by atoms with E-state index in [0.29, 0.717) is 6.04 Å². The molecule has 1 aliphatic rings. The molecule has 0 radical (unpaired) electrons. The Kier molecular flexibility index (Phi) is 3.15. The minimum absolute atomic E-state index is 0.354. The smallest absolute Gasteiger partial charge is 0.123 e. The molecule has 84 valence electrons. The van der Waals surface area contributed by atoms with Crippen molar-refractivity contribution in [2.24, 2.45) is 5.92 Å². The van der Waals surface area contributed by atoms with Gasteiger partial charge in [0.2, 0.25) is 0 Å². The lowest BCUT2D eigenvalue weighted by atomic mass is 10.1. The maximum atomic E-state index is 5.49. The third kappa shape index (κ3) is 2.43. The molecule has 1 aliphatic carbocycles. The first-order chi connectivity index (χ1) is 7.22. The van der Waals surface area contributed by atoms with Gasteiger partial charge < -0.3 is 9.73 Å². The van der Waals surface area contributed by atoms with Crippen molar-refractivity contribution < 1.29 is 4.42 Å². The van der Waals surface area contributed by atoms with Gasteiger partial charge in [-0.25, -0.2) is 0 Å². The zero-order chi connectivity index (χ0) is 10.8. The van der Waals surface area contributed by atoms with Crippen LogP contribution in [0.3, 0.4) is 0 Å². The monoisotopic (exact) mass is 207 g/mol. The van der Waals surface area contributed by atoms with E-state index in [4.69, 9.17) is 4.42 Å². The topological polar surface area (TPSA) is 25.2 Å². The molecule has 0 aliphatic heterocycles. The summed E-state index contributed by atoms with van der Waals surface area (Å²) in [5, 5.41) is 3.64. The van der Waals surface area contributed by atoms with Crippen molar-refractivity contribution in [3.05, 3.63) is 23.7 Å². The van der Waals surface area contributed by atoms with Crippen molar-refractivity contribution in [2.45, 2.75) is 52.1 Å². The van der Waals surface area contributed by atoms with Gasteiger partial charge in [0.25, 0.3) is 0 Å². The van der Waals surface area contributed by atoms with Crippen LogP contribution in [0.1, 0.15) is 50.5 Å². The Hall–Kier alpha value is -0.760. The van der Waals surface area contributed by atoms with Gasteiger partial charge in [-0.2, -0.15) is 0 Å². The molecule has 0 aromatic carbocycles.